The van der Waals surface area contributed by atoms with E-state index in [2.05, 4.69) is 184 Å². The first-order chi connectivity index (χ1) is 50.2. The molecule has 18 nitrogen and oxygen atoms in total. The number of nitrogens with zero attached hydrogens (tertiary/aromatic N) is 7. The highest BCUT2D eigenvalue weighted by atomic mass is 32.2. The van der Waals surface area contributed by atoms with Crippen molar-refractivity contribution in [3.8, 4) is 22.3 Å². The molecule has 0 bridgehead atoms. The smallest absolute Gasteiger partial charge is 0.262 e. The number of benzene rings is 12. The molecule has 103 heavy (non-hydrogen) atoms. The minimum Gasteiger partial charge on any atom is -0.324 e. The highest BCUT2D eigenvalue weighted by Gasteiger charge is 2.23. The van der Waals surface area contributed by atoms with E-state index in [1.54, 1.807) is 118 Å². The third-order valence-corrected chi connectivity index (χ3v) is 22.7. The van der Waals surface area contributed by atoms with Gasteiger partial charge in [0, 0.05) is 39.2 Å². The van der Waals surface area contributed by atoms with Gasteiger partial charge in [-0.25, -0.2) is 36.8 Å². The van der Waals surface area contributed by atoms with Gasteiger partial charge >= 0.3 is 0 Å². The van der Waals surface area contributed by atoms with Crippen LogP contribution in [-0.2, 0) is 20.0 Å². The van der Waals surface area contributed by atoms with E-state index in [0.717, 1.165) is 80.2 Å². The van der Waals surface area contributed by atoms with Gasteiger partial charge in [0.1, 0.15) is 0 Å². The molecule has 0 saturated heterocycles. The average molecular weight is 1460 g/mol. The zero-order valence-electron chi connectivity index (χ0n) is 54.8. The second-order valence-corrected chi connectivity index (χ2v) is 31.0. The van der Waals surface area contributed by atoms with Crippen molar-refractivity contribution in [2.75, 3.05) is 36.0 Å². The predicted molar refractivity (Wildman–Crippen MR) is 426 cm³/mol. The largest absolute Gasteiger partial charge is 0.324 e. The quantitative estimate of drug-likeness (QED) is 0.0422. The Hall–Kier alpha value is -12.0. The number of rotatable bonds is 18. The van der Waals surface area contributed by atoms with Gasteiger partial charge in [0.2, 0.25) is 17.8 Å². The minimum absolute atomic E-state index is 0.000569. The highest BCUT2D eigenvalue weighted by Crippen LogP contribution is 2.39. The van der Waals surface area contributed by atoms with Crippen LogP contribution in [0.15, 0.2) is 295 Å². The summed E-state index contributed by atoms with van der Waals surface area (Å²) in [7, 11) is -7.85. The Morgan fingerprint density at radius 3 is 0.932 bits per heavy atom. The van der Waals surface area contributed by atoms with Gasteiger partial charge in [-0.15, -0.1) is 0 Å². The molecule has 0 spiro atoms. The van der Waals surface area contributed by atoms with Gasteiger partial charge in [0.15, 0.2) is 20.5 Å². The molecular weight excluding hydrogens is 1400 g/mol. The predicted octanol–water partition coefficient (Wildman–Crippen LogP) is 21.1. The number of nitrogens with one attached hydrogen (secondary N) is 7. The lowest BCUT2D eigenvalue weighted by Gasteiger charge is -2.14. The summed E-state index contributed by atoms with van der Waals surface area (Å²) >= 11 is 6.53. The van der Waals surface area contributed by atoms with Crippen molar-refractivity contribution in [1.29, 1.82) is 0 Å². The molecule has 0 atom stereocenters. The van der Waals surface area contributed by atoms with E-state index in [0.29, 0.717) is 40.0 Å². The van der Waals surface area contributed by atoms with Gasteiger partial charge in [-0.05, 0) is 156 Å². The fourth-order valence-corrected chi connectivity index (χ4v) is 17.5. The minimum atomic E-state index is -3.93. The van der Waals surface area contributed by atoms with Crippen LogP contribution in [0.3, 0.4) is 0 Å². The summed E-state index contributed by atoms with van der Waals surface area (Å²) in [5.74, 6) is 1.31. The van der Waals surface area contributed by atoms with E-state index >= 15 is 0 Å². The van der Waals surface area contributed by atoms with Crippen molar-refractivity contribution in [2.45, 2.75) is 23.6 Å². The molecule has 17 rings (SSSR count). The molecule has 0 aliphatic carbocycles. The maximum Gasteiger partial charge on any atom is 0.262 e. The highest BCUT2D eigenvalue weighted by molar-refractivity contribution is 7.93. The zero-order chi connectivity index (χ0) is 70.3. The molecule has 0 saturated carbocycles. The van der Waals surface area contributed by atoms with E-state index in [1.807, 2.05) is 78.9 Å². The molecule has 0 aliphatic heterocycles. The first kappa shape index (κ1) is 66.8. The number of aryl methyl sites for hydroxylation is 2. The van der Waals surface area contributed by atoms with Crippen LogP contribution in [0.5, 0.6) is 0 Å². The van der Waals surface area contributed by atoms with E-state index in [4.69, 9.17) is 9.97 Å². The Labute approximate surface area is 609 Å². The number of fused-ring (bicyclic) bond motifs is 5. The molecule has 12 aromatic carbocycles. The fourth-order valence-electron chi connectivity index (χ4n) is 11.2. The van der Waals surface area contributed by atoms with Gasteiger partial charge in [-0.2, -0.15) is 15.0 Å². The van der Waals surface area contributed by atoms with Crippen LogP contribution in [0, 0.1) is 13.8 Å². The number of para-hydroxylation sites is 4. The van der Waals surface area contributed by atoms with Crippen LogP contribution in [0.1, 0.15) is 11.1 Å². The van der Waals surface area contributed by atoms with Gasteiger partial charge in [0.25, 0.3) is 20.0 Å². The maximum absolute atomic E-state index is 13.0. The van der Waals surface area contributed by atoms with Crippen molar-refractivity contribution < 1.29 is 16.8 Å². The number of thiazole rings is 4. The molecule has 17 aromatic rings. The van der Waals surface area contributed by atoms with E-state index in [-0.39, 0.29) is 9.79 Å². The SMILES string of the molecule is Cc1ccc2nc(Nc3nc4cc5sc(Nc6nc7ccc(C)cc7s6)nc5cc4s3)sc2c1.O=S(=O)(Nc1ccccc1)c1cccc2c(S(=O)(=O)Nc3ccccc3)cccc12.c1ccc(Nc2nc(Nc3ccccc3)nc(Nc3ccc(-c4ccc(-c5ccccc5)cc4)cc3)n2)cc1. The van der Waals surface area contributed by atoms with Gasteiger partial charge in [-0.1, -0.05) is 221 Å². The number of hydrogen-bond donors (Lipinski definition) is 7. The third kappa shape index (κ3) is 16.1. The normalized spacial score (nSPS) is 11.4. The number of aromatic nitrogens is 7. The van der Waals surface area contributed by atoms with Crippen LogP contribution in [0.25, 0.3) is 73.9 Å². The molecule has 5 aromatic heterocycles. The summed E-state index contributed by atoms with van der Waals surface area (Å²) in [5.41, 5.74) is 14.6. The lowest BCUT2D eigenvalue weighted by molar-refractivity contribution is 0.599. The monoisotopic (exact) mass is 1460 g/mol. The van der Waals surface area contributed by atoms with Crippen LogP contribution < -0.4 is 36.0 Å². The van der Waals surface area contributed by atoms with E-state index in [1.165, 1.54) is 55.9 Å². The summed E-state index contributed by atoms with van der Waals surface area (Å²) < 4.78 is 61.6. The second-order valence-electron chi connectivity index (χ2n) is 23.5. The van der Waals surface area contributed by atoms with Gasteiger partial charge in [0.05, 0.1) is 50.7 Å². The molecule has 5 heterocycles. The van der Waals surface area contributed by atoms with Gasteiger partial charge < -0.3 is 26.6 Å². The molecule has 0 radical (unpaired) electrons. The summed E-state index contributed by atoms with van der Waals surface area (Å²) in [6.45, 7) is 4.20. The fraction of sp³-hybridized carbons (Fsp3) is 0.0253. The number of anilines is 12. The molecule has 7 N–H and O–H groups in total. The molecule has 24 heteroatoms. The van der Waals surface area contributed by atoms with Crippen LogP contribution >= 0.6 is 45.3 Å². The Morgan fingerprint density at radius 1 is 0.262 bits per heavy atom. The summed E-state index contributed by atoms with van der Waals surface area (Å²) in [4.78, 5) is 32.7. The topological polar surface area (TPSA) is 243 Å². The lowest BCUT2D eigenvalue weighted by Crippen LogP contribution is -2.15. The van der Waals surface area contributed by atoms with E-state index in [9.17, 15) is 16.8 Å². The Kier molecular flexibility index (Phi) is 19.2. The molecule has 0 amide bonds. The van der Waals surface area contributed by atoms with E-state index < -0.39 is 20.0 Å². The van der Waals surface area contributed by atoms with Gasteiger partial charge in [-0.3, -0.25) is 9.44 Å². The number of hydrogen-bond acceptors (Lipinski definition) is 20. The average Bonchev–Trinajstić information content (AvgIpc) is 1.76. The Balaban J connectivity index is 0.000000126. The first-order valence-electron chi connectivity index (χ1n) is 32.3. The third-order valence-electron chi connectivity index (χ3n) is 16.0. The van der Waals surface area contributed by atoms with Crippen LogP contribution in [0.4, 0.5) is 66.8 Å². The standard InChI is InChI=1S/C33H26N6.C24H16N6S4.C22H18N2O4S2/c1-4-10-24(11-5-1)25-16-18-26(19-17-25)27-20-22-30(23-21-27)36-33-38-31(34-28-12-6-2-7-13-28)37-32(39-33)35-29-14-8-3-9-15-29;1-11-3-5-13-17(7-11)31-21(25-13)29-23-27-15-9-20-16(10-19(15)33-23)28-24(34-20)30-22-26-14-6-4-12(2)8-18(14)32-22;25-29(26,23-17-9-3-1-4-10-17)21-15-7-14-20-19(21)13-8-16-22(20)30(27,28)24-18-11-5-2-6-12-18/h1-23H,(H3,34,35,36,37,38,39);3-10H,1-2H3,(H,25,27,29)(H,26,28,30);1-16,23-24H. The molecule has 0 unspecified atom stereocenters. The molecule has 0 fully saturated rings. The molecule has 506 valence electrons. The number of sulfonamides is 2. The Morgan fingerprint density at radius 2 is 0.563 bits per heavy atom. The second kappa shape index (κ2) is 29.7. The molecule has 0 aliphatic rings. The summed E-state index contributed by atoms with van der Waals surface area (Å²) in [5, 5.41) is 20.7. The lowest BCUT2D eigenvalue weighted by atomic mass is 10.0. The van der Waals surface area contributed by atoms with Crippen molar-refractivity contribution in [3.63, 3.8) is 0 Å². The first-order valence-corrected chi connectivity index (χ1v) is 38.5. The van der Waals surface area contributed by atoms with Crippen LogP contribution in [-0.4, -0.2) is 51.7 Å². The van der Waals surface area contributed by atoms with Crippen molar-refractivity contribution in [2.24, 2.45) is 0 Å². The van der Waals surface area contributed by atoms with Crippen molar-refractivity contribution >= 4 is 184 Å². The zero-order valence-corrected chi connectivity index (χ0v) is 59.7. The Bertz CT molecular complexity index is 5740. The van der Waals surface area contributed by atoms with Crippen molar-refractivity contribution in [1.82, 2.24) is 34.9 Å². The van der Waals surface area contributed by atoms with Crippen LogP contribution in [0.2, 0.25) is 0 Å². The maximum atomic E-state index is 13.0. The summed E-state index contributed by atoms with van der Waals surface area (Å²) in [6.07, 6.45) is 0. The van der Waals surface area contributed by atoms with Crippen molar-refractivity contribution in [3.05, 3.63) is 296 Å². The molecular formula is C79H60N14O4S6. The summed E-state index contributed by atoms with van der Waals surface area (Å²) in [6, 6.07) is 89.9.